The third-order valence-electron chi connectivity index (χ3n) is 1.22. The maximum absolute atomic E-state index is 12.2. The fourth-order valence-corrected chi connectivity index (χ4v) is 0.603. The Balaban J connectivity index is 3.79. The van der Waals surface area contributed by atoms with E-state index in [1.807, 2.05) is 0 Å². The summed E-state index contributed by atoms with van der Waals surface area (Å²) in [6.07, 6.45) is -3.73. The van der Waals surface area contributed by atoms with Gasteiger partial charge in [-0.15, -0.1) is 0 Å². The minimum absolute atomic E-state index is 0.0116. The molecule has 0 fully saturated rings. The molecular formula is C7H12F4N2O. The Bertz CT molecular complexity index is 196. The normalized spacial score (nSPS) is 13.7. The summed E-state index contributed by atoms with van der Waals surface area (Å²) in [7, 11) is 0. The zero-order valence-electron chi connectivity index (χ0n) is 7.64. The largest absolute Gasteiger partial charge is 0.386 e. The van der Waals surface area contributed by atoms with Crippen molar-refractivity contribution in [3.05, 3.63) is 0 Å². The van der Waals surface area contributed by atoms with E-state index in [-0.39, 0.29) is 12.4 Å². The molecule has 0 aliphatic carbocycles. The van der Waals surface area contributed by atoms with E-state index < -0.39 is 19.0 Å². The quantitative estimate of drug-likeness (QED) is 0.413. The van der Waals surface area contributed by atoms with Crippen LogP contribution in [-0.4, -0.2) is 37.9 Å². The van der Waals surface area contributed by atoms with Crippen LogP contribution in [0.25, 0.3) is 0 Å². The number of aliphatic imine (C=N–C) groups is 1. The van der Waals surface area contributed by atoms with Crippen molar-refractivity contribution in [1.29, 1.82) is 0 Å². The van der Waals surface area contributed by atoms with Gasteiger partial charge in [0.05, 0.1) is 0 Å². The molecule has 0 amide bonds. The number of rotatable bonds is 6. The fourth-order valence-electron chi connectivity index (χ4n) is 0.603. The second-order valence-electron chi connectivity index (χ2n) is 2.52. The third kappa shape index (κ3) is 5.00. The van der Waals surface area contributed by atoms with Crippen LogP contribution in [0.3, 0.4) is 0 Å². The predicted octanol–water partition coefficient (Wildman–Crippen LogP) is 1.28. The average molecular weight is 216 g/mol. The number of hydrogen-bond acceptors (Lipinski definition) is 2. The Morgan fingerprint density at radius 2 is 2.07 bits per heavy atom. The van der Waals surface area contributed by atoms with Crippen LogP contribution in [0.4, 0.5) is 17.6 Å². The lowest BCUT2D eigenvalue weighted by Gasteiger charge is -2.14. The highest BCUT2D eigenvalue weighted by Gasteiger charge is 2.40. The third-order valence-corrected chi connectivity index (χ3v) is 1.22. The molecule has 84 valence electrons. The molecule has 0 radical (unpaired) electrons. The van der Waals surface area contributed by atoms with Gasteiger partial charge < -0.3 is 10.5 Å². The molecule has 0 aliphatic rings. The number of nitrogens with two attached hydrogens (primary N) is 1. The maximum atomic E-state index is 12.2. The minimum atomic E-state index is -4.13. The lowest BCUT2D eigenvalue weighted by Crippen LogP contribution is -2.34. The molecule has 0 bridgehead atoms. The monoisotopic (exact) mass is 216 g/mol. The van der Waals surface area contributed by atoms with E-state index >= 15 is 0 Å². The molecule has 0 saturated heterocycles. The fraction of sp³-hybridized carbons (Fsp3) is 0.857. The van der Waals surface area contributed by atoms with Crippen LogP contribution in [0.2, 0.25) is 0 Å². The van der Waals surface area contributed by atoms with Gasteiger partial charge in [0.15, 0.2) is 0 Å². The van der Waals surface area contributed by atoms with Crippen molar-refractivity contribution in [1.82, 2.24) is 0 Å². The highest BCUT2D eigenvalue weighted by atomic mass is 19.3. The minimum Gasteiger partial charge on any atom is -0.386 e. The van der Waals surface area contributed by atoms with Crippen molar-refractivity contribution in [3.8, 4) is 0 Å². The molecule has 7 heteroatoms. The molecule has 0 spiro atoms. The Kier molecular flexibility index (Phi) is 5.44. The second kappa shape index (κ2) is 5.79. The van der Waals surface area contributed by atoms with Gasteiger partial charge in [0, 0.05) is 6.54 Å². The van der Waals surface area contributed by atoms with Crippen LogP contribution >= 0.6 is 0 Å². The molecule has 0 saturated carbocycles. The number of halogens is 4. The van der Waals surface area contributed by atoms with Gasteiger partial charge >= 0.3 is 12.3 Å². The Morgan fingerprint density at radius 1 is 1.50 bits per heavy atom. The van der Waals surface area contributed by atoms with Crippen LogP contribution in [0, 0.1) is 0 Å². The molecule has 0 heterocycles. The lowest BCUT2D eigenvalue weighted by molar-refractivity contribution is -0.162. The first-order chi connectivity index (χ1) is 6.40. The first kappa shape index (κ1) is 13.2. The smallest absolute Gasteiger partial charge is 0.330 e. The summed E-state index contributed by atoms with van der Waals surface area (Å²) in [4.78, 5) is 3.63. The molecule has 14 heavy (non-hydrogen) atoms. The van der Waals surface area contributed by atoms with Crippen molar-refractivity contribution in [2.45, 2.75) is 19.3 Å². The summed E-state index contributed by atoms with van der Waals surface area (Å²) in [6, 6.07) is 0. The maximum Gasteiger partial charge on any atom is 0.330 e. The highest BCUT2D eigenvalue weighted by Crippen LogP contribution is 2.22. The summed E-state index contributed by atoms with van der Waals surface area (Å²) in [5, 5.41) is 0. The first-order valence-corrected chi connectivity index (χ1v) is 3.92. The number of amidine groups is 1. The lowest BCUT2D eigenvalue weighted by atomic mass is 10.4. The van der Waals surface area contributed by atoms with E-state index in [0.29, 0.717) is 6.54 Å². The van der Waals surface area contributed by atoms with Gasteiger partial charge in [0.2, 0.25) is 0 Å². The van der Waals surface area contributed by atoms with Crippen LogP contribution < -0.4 is 5.73 Å². The van der Waals surface area contributed by atoms with Gasteiger partial charge in [0.1, 0.15) is 19.0 Å². The summed E-state index contributed by atoms with van der Waals surface area (Å²) in [5.74, 6) is -4.12. The molecule has 0 unspecified atom stereocenters. The summed E-state index contributed by atoms with van der Waals surface area (Å²) < 4.78 is 51.9. The van der Waals surface area contributed by atoms with Crippen molar-refractivity contribution in [3.63, 3.8) is 0 Å². The zero-order valence-corrected chi connectivity index (χ0v) is 7.64. The topological polar surface area (TPSA) is 47.6 Å². The standard InChI is InChI=1S/C7H12F4N2O/c1-2-13-5(12)3-14-4-7(10,11)6(8)9/h6H,2-4H2,1H3,(H2,12,13). The molecule has 0 rings (SSSR count). The highest BCUT2D eigenvalue weighted by molar-refractivity contribution is 5.81. The molecule has 0 aromatic carbocycles. The van der Waals surface area contributed by atoms with Crippen molar-refractivity contribution < 1.29 is 22.3 Å². The zero-order chi connectivity index (χ0) is 11.2. The first-order valence-electron chi connectivity index (χ1n) is 3.92. The van der Waals surface area contributed by atoms with Gasteiger partial charge in [-0.3, -0.25) is 4.99 Å². The van der Waals surface area contributed by atoms with Gasteiger partial charge in [-0.1, -0.05) is 0 Å². The predicted molar refractivity (Wildman–Crippen MR) is 43.9 cm³/mol. The molecular weight excluding hydrogens is 204 g/mol. The van der Waals surface area contributed by atoms with Gasteiger partial charge in [-0.05, 0) is 6.92 Å². The SMILES string of the molecule is CCN=C(N)COCC(F)(F)C(F)F. The molecule has 0 aromatic heterocycles. The summed E-state index contributed by atoms with van der Waals surface area (Å²) >= 11 is 0. The van der Waals surface area contributed by atoms with Crippen molar-refractivity contribution in [2.75, 3.05) is 19.8 Å². The van der Waals surface area contributed by atoms with Gasteiger partial charge in [-0.25, -0.2) is 8.78 Å². The Morgan fingerprint density at radius 3 is 2.50 bits per heavy atom. The average Bonchev–Trinajstić information content (AvgIpc) is 2.04. The van der Waals surface area contributed by atoms with Crippen molar-refractivity contribution >= 4 is 5.84 Å². The summed E-state index contributed by atoms with van der Waals surface area (Å²) in [6.45, 7) is 0.363. The number of alkyl halides is 4. The van der Waals surface area contributed by atoms with E-state index in [4.69, 9.17) is 5.73 Å². The Hall–Kier alpha value is -0.850. The van der Waals surface area contributed by atoms with Gasteiger partial charge in [0.25, 0.3) is 0 Å². The van der Waals surface area contributed by atoms with E-state index in [2.05, 4.69) is 9.73 Å². The van der Waals surface area contributed by atoms with Crippen LogP contribution in [0.5, 0.6) is 0 Å². The molecule has 0 aromatic rings. The molecule has 2 N–H and O–H groups in total. The second-order valence-corrected chi connectivity index (χ2v) is 2.52. The van der Waals surface area contributed by atoms with E-state index in [1.54, 1.807) is 6.92 Å². The van der Waals surface area contributed by atoms with Crippen LogP contribution in [0.1, 0.15) is 6.92 Å². The Labute approximate surface area is 78.9 Å². The number of hydrogen-bond donors (Lipinski definition) is 1. The van der Waals surface area contributed by atoms with Gasteiger partial charge in [-0.2, -0.15) is 8.78 Å². The molecule has 3 nitrogen and oxygen atoms in total. The number of nitrogens with zero attached hydrogens (tertiary/aromatic N) is 1. The van der Waals surface area contributed by atoms with Crippen LogP contribution in [0.15, 0.2) is 4.99 Å². The van der Waals surface area contributed by atoms with E-state index in [9.17, 15) is 17.6 Å². The molecule has 0 atom stereocenters. The van der Waals surface area contributed by atoms with E-state index in [0.717, 1.165) is 0 Å². The summed E-state index contributed by atoms with van der Waals surface area (Å²) in [5.41, 5.74) is 5.18. The van der Waals surface area contributed by atoms with Crippen molar-refractivity contribution in [2.24, 2.45) is 10.7 Å². The molecule has 0 aliphatic heterocycles. The van der Waals surface area contributed by atoms with Crippen LogP contribution in [-0.2, 0) is 4.74 Å². The van der Waals surface area contributed by atoms with E-state index in [1.165, 1.54) is 0 Å². The number of ether oxygens (including phenoxy) is 1.